The van der Waals surface area contributed by atoms with Crippen LogP contribution in [-0.2, 0) is 11.3 Å². The van der Waals surface area contributed by atoms with Gasteiger partial charge in [-0.1, -0.05) is 52.6 Å². The molecule has 2 aliphatic carbocycles. The lowest BCUT2D eigenvalue weighted by atomic mass is 9.68. The predicted octanol–water partition coefficient (Wildman–Crippen LogP) is 6.10. The van der Waals surface area contributed by atoms with Crippen LogP contribution in [0.3, 0.4) is 0 Å². The molecule has 0 heterocycles. The lowest BCUT2D eigenvalue weighted by Gasteiger charge is -2.41. The van der Waals surface area contributed by atoms with Crippen molar-refractivity contribution >= 4 is 29.0 Å². The molecule has 0 aromatic heterocycles. The molecule has 0 unspecified atom stereocenters. The summed E-state index contributed by atoms with van der Waals surface area (Å²) in [5.41, 5.74) is 3.97. The first-order valence-electron chi connectivity index (χ1n) is 9.46. The zero-order chi connectivity index (χ0) is 21.9. The molecular weight excluding hydrogens is 431 g/mol. The van der Waals surface area contributed by atoms with Gasteiger partial charge in [0, 0.05) is 28.8 Å². The fourth-order valence-corrected chi connectivity index (χ4v) is 4.05. The molecule has 2 aromatic carbocycles. The molecule has 4 nitrogen and oxygen atoms in total. The van der Waals surface area contributed by atoms with Gasteiger partial charge < -0.3 is 10.9 Å². The molecule has 2 saturated carbocycles. The summed E-state index contributed by atoms with van der Waals surface area (Å²) >= 11 is 11.4. The Morgan fingerprint density at radius 1 is 0.933 bits per heavy atom. The summed E-state index contributed by atoms with van der Waals surface area (Å²) in [7, 11) is 0. The number of hydrogen-bond donors (Lipinski definition) is 2. The van der Waals surface area contributed by atoms with Crippen LogP contribution in [0.4, 0.5) is 8.78 Å². The number of hydrogen-bond acceptors (Lipinski definition) is 3. The van der Waals surface area contributed by atoms with Crippen LogP contribution in [0.5, 0.6) is 0 Å². The van der Waals surface area contributed by atoms with Gasteiger partial charge >= 0.3 is 0 Å². The van der Waals surface area contributed by atoms with E-state index in [1.54, 1.807) is 48.5 Å². The highest BCUT2D eigenvalue weighted by molar-refractivity contribution is 6.30. The first-order valence-corrected chi connectivity index (χ1v) is 10.2. The number of benzene rings is 2. The first-order chi connectivity index (χ1) is 14.2. The lowest BCUT2D eigenvalue weighted by Crippen LogP contribution is -2.44. The molecule has 2 aliphatic rings. The molecule has 158 valence electrons. The second-order valence-electron chi connectivity index (χ2n) is 7.81. The maximum Gasteiger partial charge on any atom is 0.142 e. The summed E-state index contributed by atoms with van der Waals surface area (Å²) in [5, 5.41) is 21.1. The second kappa shape index (κ2) is 8.79. The van der Waals surface area contributed by atoms with Crippen molar-refractivity contribution < 1.29 is 14.0 Å². The van der Waals surface area contributed by atoms with E-state index in [1.807, 2.05) is 0 Å². The van der Waals surface area contributed by atoms with Gasteiger partial charge in [-0.15, -0.1) is 0 Å². The minimum absolute atomic E-state index is 0.0993. The molecule has 30 heavy (non-hydrogen) atoms. The summed E-state index contributed by atoms with van der Waals surface area (Å²) in [6.07, 6.45) is 1.13. The van der Waals surface area contributed by atoms with E-state index in [4.69, 9.17) is 39.4 Å². The SMILES string of the molecule is N#CC1CC(F)(c2ccc(Cl)cc2)C1.N/C(=N\O)C1CC(F)(c2ccc(Cl)cc2)C1. The Labute approximate surface area is 183 Å². The Morgan fingerprint density at radius 3 is 1.70 bits per heavy atom. The van der Waals surface area contributed by atoms with Crippen LogP contribution in [-0.4, -0.2) is 11.0 Å². The van der Waals surface area contributed by atoms with Crippen LogP contribution >= 0.6 is 23.2 Å². The average molecular weight is 452 g/mol. The third-order valence-corrected chi connectivity index (χ3v) is 6.22. The van der Waals surface area contributed by atoms with E-state index in [9.17, 15) is 8.78 Å². The van der Waals surface area contributed by atoms with Gasteiger partial charge in [0.25, 0.3) is 0 Å². The number of alkyl halides is 2. The zero-order valence-corrected chi connectivity index (χ0v) is 17.5. The topological polar surface area (TPSA) is 82.4 Å². The van der Waals surface area contributed by atoms with Gasteiger partial charge in [-0.25, -0.2) is 8.78 Å². The molecule has 0 saturated heterocycles. The van der Waals surface area contributed by atoms with Crippen molar-refractivity contribution in [2.24, 2.45) is 22.7 Å². The predicted molar refractivity (Wildman–Crippen MR) is 113 cm³/mol. The van der Waals surface area contributed by atoms with E-state index in [2.05, 4.69) is 11.2 Å². The molecule has 2 fully saturated rings. The van der Waals surface area contributed by atoms with E-state index in [1.165, 1.54) is 0 Å². The first kappa shape index (κ1) is 22.3. The highest BCUT2D eigenvalue weighted by atomic mass is 35.5. The monoisotopic (exact) mass is 451 g/mol. The van der Waals surface area contributed by atoms with Crippen molar-refractivity contribution in [3.05, 3.63) is 69.7 Å². The van der Waals surface area contributed by atoms with Crippen molar-refractivity contribution in [2.45, 2.75) is 37.0 Å². The average Bonchev–Trinajstić information content (AvgIpc) is 2.70. The molecule has 0 spiro atoms. The molecule has 2 aromatic rings. The number of rotatable bonds is 3. The minimum atomic E-state index is -1.37. The summed E-state index contributed by atoms with van der Waals surface area (Å²) in [4.78, 5) is 0. The Bertz CT molecular complexity index is 946. The molecule has 4 rings (SSSR count). The number of nitrogens with zero attached hydrogens (tertiary/aromatic N) is 2. The number of nitrogens with two attached hydrogens (primary N) is 1. The van der Waals surface area contributed by atoms with Crippen LogP contribution in [0.1, 0.15) is 36.8 Å². The maximum absolute atomic E-state index is 14.3. The van der Waals surface area contributed by atoms with Crippen molar-refractivity contribution in [1.82, 2.24) is 0 Å². The van der Waals surface area contributed by atoms with Crippen molar-refractivity contribution in [3.8, 4) is 6.07 Å². The quantitative estimate of drug-likeness (QED) is 0.256. The van der Waals surface area contributed by atoms with Gasteiger partial charge in [0.05, 0.1) is 12.0 Å². The molecule has 0 bridgehead atoms. The van der Waals surface area contributed by atoms with Gasteiger partial charge in [-0.3, -0.25) is 0 Å². The molecule has 8 heteroatoms. The smallest absolute Gasteiger partial charge is 0.142 e. The highest BCUT2D eigenvalue weighted by Crippen LogP contribution is 2.49. The van der Waals surface area contributed by atoms with E-state index in [-0.39, 0.29) is 30.5 Å². The van der Waals surface area contributed by atoms with Gasteiger partial charge in [-0.2, -0.15) is 5.26 Å². The summed E-state index contributed by atoms with van der Waals surface area (Å²) in [5.74, 6) is -0.205. The van der Waals surface area contributed by atoms with Crippen molar-refractivity contribution in [2.75, 3.05) is 0 Å². The van der Waals surface area contributed by atoms with Crippen LogP contribution in [0.25, 0.3) is 0 Å². The lowest BCUT2D eigenvalue weighted by molar-refractivity contribution is 0.0272. The Balaban J connectivity index is 0.000000172. The summed E-state index contributed by atoms with van der Waals surface area (Å²) in [6, 6.07) is 15.5. The number of nitriles is 1. The fraction of sp³-hybridized carbons (Fsp3) is 0.364. The largest absolute Gasteiger partial charge is 0.409 e. The Kier molecular flexibility index (Phi) is 6.54. The van der Waals surface area contributed by atoms with Crippen LogP contribution in [0, 0.1) is 23.2 Å². The second-order valence-corrected chi connectivity index (χ2v) is 8.68. The van der Waals surface area contributed by atoms with Crippen molar-refractivity contribution in [1.29, 1.82) is 5.26 Å². The van der Waals surface area contributed by atoms with E-state index < -0.39 is 11.3 Å². The number of oxime groups is 1. The highest BCUT2D eigenvalue weighted by Gasteiger charge is 2.48. The van der Waals surface area contributed by atoms with E-state index in [0.717, 1.165) is 0 Å². The fourth-order valence-electron chi connectivity index (χ4n) is 3.79. The Morgan fingerprint density at radius 2 is 1.33 bits per heavy atom. The summed E-state index contributed by atoms with van der Waals surface area (Å²) < 4.78 is 28.3. The van der Waals surface area contributed by atoms with Crippen LogP contribution in [0.15, 0.2) is 53.7 Å². The van der Waals surface area contributed by atoms with Crippen molar-refractivity contribution in [3.63, 3.8) is 0 Å². The Hall–Kier alpha value is -2.36. The number of halogens is 4. The van der Waals surface area contributed by atoms with Gasteiger partial charge in [0.1, 0.15) is 17.2 Å². The summed E-state index contributed by atoms with van der Waals surface area (Å²) in [6.45, 7) is 0. The van der Waals surface area contributed by atoms with E-state index >= 15 is 0 Å². The van der Waals surface area contributed by atoms with E-state index in [0.29, 0.717) is 34.0 Å². The van der Waals surface area contributed by atoms with Crippen LogP contribution < -0.4 is 5.73 Å². The minimum Gasteiger partial charge on any atom is -0.409 e. The zero-order valence-electron chi connectivity index (χ0n) is 16.0. The van der Waals surface area contributed by atoms with Crippen LogP contribution in [0.2, 0.25) is 10.0 Å². The standard InChI is InChI=1S/C11H12ClFN2O.C11H9ClFN/c12-9-3-1-8(2-4-9)11(13)5-7(6-11)10(14)15-16;12-10-3-1-9(2-4-10)11(13)5-8(6-11)7-14/h1-4,7,16H,5-6H2,(H2,14,15);1-4,8H,5-6H2. The molecule has 0 amide bonds. The van der Waals surface area contributed by atoms with Gasteiger partial charge in [-0.05, 0) is 48.2 Å². The number of amidine groups is 1. The third kappa shape index (κ3) is 4.69. The molecular formula is C22H21Cl2F2N3O. The normalized spacial score (nSPS) is 30.2. The molecule has 0 aliphatic heterocycles. The molecule has 0 atom stereocenters. The van der Waals surface area contributed by atoms with Gasteiger partial charge in [0.2, 0.25) is 0 Å². The maximum atomic E-state index is 14.3. The molecule has 0 radical (unpaired) electrons. The third-order valence-electron chi connectivity index (χ3n) is 5.72. The van der Waals surface area contributed by atoms with Gasteiger partial charge in [0.15, 0.2) is 0 Å². The molecule has 3 N–H and O–H groups in total.